The van der Waals surface area contributed by atoms with Gasteiger partial charge in [-0.3, -0.25) is 4.90 Å². The van der Waals surface area contributed by atoms with Crippen LogP contribution in [0.1, 0.15) is 22.3 Å². The van der Waals surface area contributed by atoms with Gasteiger partial charge in [0.25, 0.3) is 0 Å². The Balaban J connectivity index is 1.22. The summed E-state index contributed by atoms with van der Waals surface area (Å²) in [6, 6.07) is 63.3. The summed E-state index contributed by atoms with van der Waals surface area (Å²) in [5, 5.41) is 1.95. The Bertz CT molecular complexity index is 2550. The molecule has 7 aromatic carbocycles. The third-order valence-corrected chi connectivity index (χ3v) is 11.9. The Morgan fingerprint density at radius 1 is 0.460 bits per heavy atom. The highest BCUT2D eigenvalue weighted by atomic mass is 32.1. The summed E-state index contributed by atoms with van der Waals surface area (Å²) in [6.07, 6.45) is 0. The van der Waals surface area contributed by atoms with Gasteiger partial charge in [-0.1, -0.05) is 133 Å². The van der Waals surface area contributed by atoms with Gasteiger partial charge in [-0.25, -0.2) is 9.97 Å². The maximum atomic E-state index is 5.24. The molecule has 0 bridgehead atoms. The molecule has 0 unspecified atom stereocenters. The van der Waals surface area contributed by atoms with Crippen molar-refractivity contribution in [3.63, 3.8) is 0 Å². The predicted octanol–water partition coefficient (Wildman–Crippen LogP) is 12.4. The largest absolute Gasteiger partial charge is 0.286 e. The van der Waals surface area contributed by atoms with Crippen molar-refractivity contribution >= 4 is 59.6 Å². The zero-order valence-corrected chi connectivity index (χ0v) is 28.5. The molecule has 0 N–H and O–H groups in total. The fourth-order valence-electron chi connectivity index (χ4n) is 7.72. The summed E-state index contributed by atoms with van der Waals surface area (Å²) < 4.78 is 2.36. The van der Waals surface area contributed by atoms with Crippen molar-refractivity contribution in [1.29, 1.82) is 0 Å². The molecule has 0 atom stereocenters. The SMILES string of the molecule is c1ccc(C2(c3ccccc3)c3ccccc3-c3c(N(c4ccc(-c5nc6ccccc6s5)cc4)c4nc5ccccc5s4)cccc32)cc1. The minimum Gasteiger partial charge on any atom is -0.286 e. The number of anilines is 3. The van der Waals surface area contributed by atoms with E-state index >= 15 is 0 Å². The first-order valence-electron chi connectivity index (χ1n) is 16.8. The first-order chi connectivity index (χ1) is 24.8. The molecule has 9 aromatic rings. The van der Waals surface area contributed by atoms with Crippen LogP contribution in [0, 0.1) is 0 Å². The van der Waals surface area contributed by atoms with Gasteiger partial charge in [0.15, 0.2) is 5.13 Å². The second-order valence-electron chi connectivity index (χ2n) is 12.6. The van der Waals surface area contributed by atoms with Crippen LogP contribution in [0.2, 0.25) is 0 Å². The van der Waals surface area contributed by atoms with Crippen molar-refractivity contribution in [3.05, 3.63) is 198 Å². The minimum atomic E-state index is -0.486. The summed E-state index contributed by atoms with van der Waals surface area (Å²) in [6.45, 7) is 0. The highest BCUT2D eigenvalue weighted by Crippen LogP contribution is 2.59. The Morgan fingerprint density at radius 2 is 1.04 bits per heavy atom. The van der Waals surface area contributed by atoms with Crippen LogP contribution < -0.4 is 4.90 Å². The molecule has 1 aliphatic rings. The fraction of sp³-hybridized carbons (Fsp3) is 0.0222. The molecule has 0 fully saturated rings. The maximum absolute atomic E-state index is 5.24. The third kappa shape index (κ3) is 4.41. The van der Waals surface area contributed by atoms with Crippen LogP contribution in [-0.4, -0.2) is 9.97 Å². The summed E-state index contributed by atoms with van der Waals surface area (Å²) in [5.74, 6) is 0. The molecular formula is C45H29N3S2. The zero-order chi connectivity index (χ0) is 33.1. The molecule has 0 spiro atoms. The highest BCUT2D eigenvalue weighted by molar-refractivity contribution is 7.22. The van der Waals surface area contributed by atoms with Gasteiger partial charge < -0.3 is 0 Å². The summed E-state index contributed by atoms with van der Waals surface area (Å²) in [5.41, 5.74) is 12.3. The van der Waals surface area contributed by atoms with E-state index in [9.17, 15) is 0 Å². The van der Waals surface area contributed by atoms with Crippen LogP contribution in [0.25, 0.3) is 42.1 Å². The van der Waals surface area contributed by atoms with Gasteiger partial charge in [0, 0.05) is 16.8 Å². The average molecular weight is 676 g/mol. The normalized spacial score (nSPS) is 13.0. The zero-order valence-electron chi connectivity index (χ0n) is 26.9. The predicted molar refractivity (Wildman–Crippen MR) is 210 cm³/mol. The first kappa shape index (κ1) is 29.1. The van der Waals surface area contributed by atoms with Gasteiger partial charge in [-0.05, 0) is 82.4 Å². The standard InChI is InChI=1S/C45H29N3S2/c1-3-14-31(15-4-1)45(32-16-5-2-6-17-32)35-19-8-7-18-34(35)42-36(45)20-13-23-39(42)48(44-47-38-22-10-12-25-41(38)50-44)33-28-26-30(27-29-33)43-46-37-21-9-11-24-40(37)49-43/h1-29H. The second kappa shape index (κ2) is 11.6. The Kier molecular flexibility index (Phi) is 6.76. The lowest BCUT2D eigenvalue weighted by atomic mass is 9.68. The Hall–Kier alpha value is -5.88. The third-order valence-electron chi connectivity index (χ3n) is 9.84. The maximum Gasteiger partial charge on any atom is 0.195 e. The fourth-order valence-corrected chi connectivity index (χ4v) is 9.69. The second-order valence-corrected chi connectivity index (χ2v) is 14.6. The van der Waals surface area contributed by atoms with Gasteiger partial charge in [-0.15, -0.1) is 11.3 Å². The van der Waals surface area contributed by atoms with Crippen molar-refractivity contribution < 1.29 is 0 Å². The summed E-state index contributed by atoms with van der Waals surface area (Å²) in [7, 11) is 0. The summed E-state index contributed by atoms with van der Waals surface area (Å²) in [4.78, 5) is 12.5. The molecule has 0 radical (unpaired) electrons. The number of para-hydroxylation sites is 2. The lowest BCUT2D eigenvalue weighted by molar-refractivity contribution is 0.768. The number of nitrogens with zero attached hydrogens (tertiary/aromatic N) is 3. The smallest absolute Gasteiger partial charge is 0.195 e. The lowest BCUT2D eigenvalue weighted by Crippen LogP contribution is -2.28. The Morgan fingerprint density at radius 3 is 1.72 bits per heavy atom. The van der Waals surface area contributed by atoms with E-state index in [0.717, 1.165) is 42.8 Å². The van der Waals surface area contributed by atoms with Gasteiger partial charge in [0.05, 0.1) is 31.5 Å². The quantitative estimate of drug-likeness (QED) is 0.176. The molecule has 10 rings (SSSR count). The van der Waals surface area contributed by atoms with Gasteiger partial charge in [-0.2, -0.15) is 0 Å². The number of rotatable bonds is 6. The molecule has 236 valence electrons. The molecule has 0 saturated carbocycles. The van der Waals surface area contributed by atoms with Crippen molar-refractivity contribution in [2.75, 3.05) is 4.90 Å². The van der Waals surface area contributed by atoms with Crippen LogP contribution >= 0.6 is 22.7 Å². The van der Waals surface area contributed by atoms with E-state index in [0.29, 0.717) is 0 Å². The molecule has 0 amide bonds. The van der Waals surface area contributed by atoms with Gasteiger partial charge >= 0.3 is 0 Å². The number of aromatic nitrogens is 2. The molecule has 2 heterocycles. The van der Waals surface area contributed by atoms with E-state index in [1.165, 1.54) is 38.1 Å². The molecule has 2 aromatic heterocycles. The number of hydrogen-bond donors (Lipinski definition) is 0. The average Bonchev–Trinajstić information content (AvgIpc) is 3.89. The topological polar surface area (TPSA) is 29.0 Å². The van der Waals surface area contributed by atoms with E-state index in [2.05, 4.69) is 175 Å². The highest BCUT2D eigenvalue weighted by Gasteiger charge is 2.47. The van der Waals surface area contributed by atoms with E-state index in [1.807, 2.05) is 6.07 Å². The number of hydrogen-bond acceptors (Lipinski definition) is 5. The number of fused-ring (bicyclic) bond motifs is 5. The minimum absolute atomic E-state index is 0.486. The van der Waals surface area contributed by atoms with Crippen LogP contribution in [-0.2, 0) is 5.41 Å². The van der Waals surface area contributed by atoms with Crippen LogP contribution in [0.4, 0.5) is 16.5 Å². The lowest BCUT2D eigenvalue weighted by Gasteiger charge is -2.34. The number of thiazole rings is 2. The van der Waals surface area contributed by atoms with Crippen molar-refractivity contribution in [3.8, 4) is 21.7 Å². The van der Waals surface area contributed by atoms with Gasteiger partial charge in [0.2, 0.25) is 0 Å². The van der Waals surface area contributed by atoms with Crippen LogP contribution in [0.5, 0.6) is 0 Å². The van der Waals surface area contributed by atoms with Crippen molar-refractivity contribution in [1.82, 2.24) is 9.97 Å². The van der Waals surface area contributed by atoms with E-state index < -0.39 is 5.41 Å². The van der Waals surface area contributed by atoms with Crippen molar-refractivity contribution in [2.24, 2.45) is 0 Å². The molecule has 3 nitrogen and oxygen atoms in total. The van der Waals surface area contributed by atoms with Gasteiger partial charge in [0.1, 0.15) is 5.01 Å². The van der Waals surface area contributed by atoms with Crippen LogP contribution in [0.3, 0.4) is 0 Å². The first-order valence-corrected chi connectivity index (χ1v) is 18.4. The molecule has 0 saturated heterocycles. The van der Waals surface area contributed by atoms with E-state index in [4.69, 9.17) is 9.97 Å². The molecule has 1 aliphatic carbocycles. The van der Waals surface area contributed by atoms with Crippen LogP contribution in [0.15, 0.2) is 176 Å². The number of benzene rings is 7. The van der Waals surface area contributed by atoms with Crippen molar-refractivity contribution in [2.45, 2.75) is 5.41 Å². The monoisotopic (exact) mass is 675 g/mol. The van der Waals surface area contributed by atoms with E-state index in [-0.39, 0.29) is 0 Å². The molecule has 0 aliphatic heterocycles. The van der Waals surface area contributed by atoms with E-state index in [1.54, 1.807) is 22.7 Å². The molecular weight excluding hydrogens is 647 g/mol. The molecule has 50 heavy (non-hydrogen) atoms. The molecule has 5 heteroatoms. The Labute approximate surface area is 298 Å². The summed E-state index contributed by atoms with van der Waals surface area (Å²) >= 11 is 3.45.